The summed E-state index contributed by atoms with van der Waals surface area (Å²) in [4.78, 5) is 33.3. The van der Waals surface area contributed by atoms with E-state index >= 15 is 0 Å². The van der Waals surface area contributed by atoms with E-state index in [1.54, 1.807) is 12.1 Å². The molecule has 0 aromatic heterocycles. The molecule has 0 bridgehead atoms. The lowest BCUT2D eigenvalue weighted by molar-refractivity contribution is -0.125. The maximum absolute atomic E-state index is 11.4. The maximum Gasteiger partial charge on any atom is 0.230 e. The second-order valence-electron chi connectivity index (χ2n) is 4.40. The minimum absolute atomic E-state index is 0.122. The molecule has 1 aromatic carbocycles. The average molecular weight is 246 g/mol. The molecule has 1 atom stereocenters. The van der Waals surface area contributed by atoms with Crippen LogP contribution in [0.1, 0.15) is 18.9 Å². The smallest absolute Gasteiger partial charge is 0.230 e. The Balaban J connectivity index is 2.00. The summed E-state index contributed by atoms with van der Waals surface area (Å²) in [6.07, 6.45) is 0.796. The SMILES string of the molecule is CC(=O)Nc1ccc(CC2CC(=O)NC2=O)cc1. The molecule has 18 heavy (non-hydrogen) atoms. The summed E-state index contributed by atoms with van der Waals surface area (Å²) in [6.45, 7) is 1.45. The number of hydrogen-bond acceptors (Lipinski definition) is 3. The van der Waals surface area contributed by atoms with E-state index in [9.17, 15) is 14.4 Å². The molecule has 3 amide bonds. The van der Waals surface area contributed by atoms with Crippen molar-refractivity contribution in [1.29, 1.82) is 0 Å². The normalized spacial score (nSPS) is 18.6. The number of benzene rings is 1. The number of carbonyl (C=O) groups is 3. The number of rotatable bonds is 3. The van der Waals surface area contributed by atoms with E-state index in [0.717, 1.165) is 11.3 Å². The molecule has 0 spiro atoms. The van der Waals surface area contributed by atoms with E-state index < -0.39 is 0 Å². The topological polar surface area (TPSA) is 75.3 Å². The van der Waals surface area contributed by atoms with Crippen molar-refractivity contribution < 1.29 is 14.4 Å². The van der Waals surface area contributed by atoms with Crippen LogP contribution in [0.2, 0.25) is 0 Å². The molecule has 1 unspecified atom stereocenters. The van der Waals surface area contributed by atoms with E-state index in [4.69, 9.17) is 0 Å². The van der Waals surface area contributed by atoms with Crippen LogP contribution in [-0.2, 0) is 20.8 Å². The van der Waals surface area contributed by atoms with Gasteiger partial charge in [-0.05, 0) is 24.1 Å². The summed E-state index contributed by atoms with van der Waals surface area (Å²) in [7, 11) is 0. The molecular weight excluding hydrogens is 232 g/mol. The number of hydrogen-bond donors (Lipinski definition) is 2. The van der Waals surface area contributed by atoms with Gasteiger partial charge in [-0.2, -0.15) is 0 Å². The number of anilines is 1. The Bertz CT molecular complexity index is 493. The monoisotopic (exact) mass is 246 g/mol. The molecule has 1 saturated heterocycles. The first-order valence-electron chi connectivity index (χ1n) is 5.75. The van der Waals surface area contributed by atoms with Gasteiger partial charge in [0.05, 0.1) is 5.92 Å². The average Bonchev–Trinajstić information content (AvgIpc) is 2.59. The van der Waals surface area contributed by atoms with Crippen LogP contribution in [0, 0.1) is 5.92 Å². The Morgan fingerprint density at radius 3 is 2.50 bits per heavy atom. The molecule has 5 nitrogen and oxygen atoms in total. The first-order chi connectivity index (χ1) is 8.54. The van der Waals surface area contributed by atoms with Crippen molar-refractivity contribution in [2.24, 2.45) is 5.92 Å². The summed E-state index contributed by atoms with van der Waals surface area (Å²) in [5.74, 6) is -0.807. The molecule has 2 N–H and O–H groups in total. The molecule has 0 saturated carbocycles. The van der Waals surface area contributed by atoms with Crippen LogP contribution < -0.4 is 10.6 Å². The summed E-state index contributed by atoms with van der Waals surface area (Å²) in [5, 5.41) is 4.96. The third-order valence-corrected chi connectivity index (χ3v) is 2.82. The van der Waals surface area contributed by atoms with Crippen molar-refractivity contribution in [2.45, 2.75) is 19.8 Å². The number of carbonyl (C=O) groups excluding carboxylic acids is 3. The van der Waals surface area contributed by atoms with Gasteiger partial charge in [0.25, 0.3) is 0 Å². The van der Waals surface area contributed by atoms with Crippen molar-refractivity contribution in [3.05, 3.63) is 29.8 Å². The second kappa shape index (κ2) is 5.00. The van der Waals surface area contributed by atoms with Crippen LogP contribution in [0.15, 0.2) is 24.3 Å². The summed E-state index contributed by atoms with van der Waals surface area (Å²) in [5.41, 5.74) is 1.69. The Kier molecular flexibility index (Phi) is 3.41. The lowest BCUT2D eigenvalue weighted by atomic mass is 9.98. The van der Waals surface area contributed by atoms with Gasteiger partial charge in [0.2, 0.25) is 17.7 Å². The van der Waals surface area contributed by atoms with Crippen molar-refractivity contribution in [3.8, 4) is 0 Å². The lowest BCUT2D eigenvalue weighted by Gasteiger charge is -2.07. The molecule has 2 rings (SSSR count). The summed E-state index contributed by atoms with van der Waals surface area (Å²) >= 11 is 0. The summed E-state index contributed by atoms with van der Waals surface area (Å²) in [6, 6.07) is 7.26. The van der Waals surface area contributed by atoms with Crippen molar-refractivity contribution in [3.63, 3.8) is 0 Å². The van der Waals surface area contributed by atoms with Crippen LogP contribution in [0.4, 0.5) is 5.69 Å². The zero-order valence-electron chi connectivity index (χ0n) is 10.0. The lowest BCUT2D eigenvalue weighted by Crippen LogP contribution is -2.22. The second-order valence-corrected chi connectivity index (χ2v) is 4.40. The van der Waals surface area contributed by atoms with Crippen LogP contribution >= 0.6 is 0 Å². The zero-order valence-corrected chi connectivity index (χ0v) is 10.0. The van der Waals surface area contributed by atoms with Crippen LogP contribution in [0.25, 0.3) is 0 Å². The van der Waals surface area contributed by atoms with Gasteiger partial charge in [0.1, 0.15) is 0 Å². The van der Waals surface area contributed by atoms with Gasteiger partial charge >= 0.3 is 0 Å². The van der Waals surface area contributed by atoms with E-state index in [1.807, 2.05) is 12.1 Å². The molecule has 1 aliphatic heterocycles. The Morgan fingerprint density at radius 2 is 2.00 bits per heavy atom. The highest BCUT2D eigenvalue weighted by molar-refractivity contribution is 6.03. The van der Waals surface area contributed by atoms with Gasteiger partial charge < -0.3 is 5.32 Å². The third kappa shape index (κ3) is 2.94. The van der Waals surface area contributed by atoms with Crippen molar-refractivity contribution >= 4 is 23.4 Å². The highest BCUT2D eigenvalue weighted by Gasteiger charge is 2.30. The van der Waals surface area contributed by atoms with Crippen LogP contribution in [0.3, 0.4) is 0 Å². The van der Waals surface area contributed by atoms with Gasteiger partial charge in [0, 0.05) is 19.0 Å². The number of imide groups is 1. The van der Waals surface area contributed by atoms with Crippen LogP contribution in [0.5, 0.6) is 0 Å². The molecular formula is C13H14N2O3. The Hall–Kier alpha value is -2.17. The summed E-state index contributed by atoms with van der Waals surface area (Å²) < 4.78 is 0. The minimum atomic E-state index is -0.274. The van der Waals surface area contributed by atoms with E-state index in [2.05, 4.69) is 10.6 Å². The quantitative estimate of drug-likeness (QED) is 0.776. The fourth-order valence-corrected chi connectivity index (χ4v) is 1.98. The van der Waals surface area contributed by atoms with Gasteiger partial charge in [-0.25, -0.2) is 0 Å². The largest absolute Gasteiger partial charge is 0.326 e. The molecule has 1 aliphatic rings. The standard InChI is InChI=1S/C13H14N2O3/c1-8(16)14-11-4-2-9(3-5-11)6-10-7-12(17)15-13(10)18/h2-5,10H,6-7H2,1H3,(H,14,16)(H,15,17,18). The minimum Gasteiger partial charge on any atom is -0.326 e. The Morgan fingerprint density at radius 1 is 1.33 bits per heavy atom. The molecule has 0 aliphatic carbocycles. The fourth-order valence-electron chi connectivity index (χ4n) is 1.98. The highest BCUT2D eigenvalue weighted by atomic mass is 16.2. The van der Waals surface area contributed by atoms with Crippen molar-refractivity contribution in [1.82, 2.24) is 5.32 Å². The Labute approximate surface area is 105 Å². The van der Waals surface area contributed by atoms with E-state index in [-0.39, 0.29) is 30.1 Å². The van der Waals surface area contributed by atoms with E-state index in [0.29, 0.717) is 6.42 Å². The van der Waals surface area contributed by atoms with Gasteiger partial charge in [-0.15, -0.1) is 0 Å². The first kappa shape index (κ1) is 12.3. The van der Waals surface area contributed by atoms with Gasteiger partial charge in [-0.1, -0.05) is 12.1 Å². The van der Waals surface area contributed by atoms with Gasteiger partial charge in [0.15, 0.2) is 0 Å². The molecule has 1 heterocycles. The molecule has 94 valence electrons. The number of amides is 3. The molecule has 0 radical (unpaired) electrons. The third-order valence-electron chi connectivity index (χ3n) is 2.82. The van der Waals surface area contributed by atoms with Crippen molar-refractivity contribution in [2.75, 3.05) is 5.32 Å². The highest BCUT2D eigenvalue weighted by Crippen LogP contribution is 2.18. The predicted molar refractivity (Wildman–Crippen MR) is 65.7 cm³/mol. The predicted octanol–water partition coefficient (Wildman–Crippen LogP) is 0.850. The molecule has 1 aromatic rings. The number of nitrogens with one attached hydrogen (secondary N) is 2. The molecule has 1 fully saturated rings. The first-order valence-corrected chi connectivity index (χ1v) is 5.75. The zero-order chi connectivity index (χ0) is 13.1. The fraction of sp³-hybridized carbons (Fsp3) is 0.308. The van der Waals surface area contributed by atoms with Crippen LogP contribution in [-0.4, -0.2) is 17.7 Å². The maximum atomic E-state index is 11.4. The van der Waals surface area contributed by atoms with Gasteiger partial charge in [-0.3, -0.25) is 19.7 Å². The molecule has 5 heteroatoms. The van der Waals surface area contributed by atoms with E-state index in [1.165, 1.54) is 6.92 Å².